The number of hydrazone groups is 1. The summed E-state index contributed by atoms with van der Waals surface area (Å²) in [5.41, 5.74) is 4.85. The molecule has 0 saturated heterocycles. The Bertz CT molecular complexity index is 1650. The lowest BCUT2D eigenvalue weighted by Crippen LogP contribution is -2.45. The Morgan fingerprint density at radius 1 is 1.06 bits per heavy atom. The van der Waals surface area contributed by atoms with Gasteiger partial charge in [-0.3, -0.25) is 5.43 Å². The standard InChI is InChI=1S/C33H36BrFN4O8/c1-5-44-26-15-21(30-29(32(41)43-4)19(3)37-33(42)38-30)11-12-25(26)46-18-28(40)39-36-16-20-13-23(34)31(27(14-20)45-6-2)47-17-22-9-7-8-10-24(22)35/h7-16,28,30,39-40H,5-6,17-18H2,1-4H3,(H2,37,38,42)/b36-16-/t28-,30+/m1/s1. The molecule has 3 aromatic carbocycles. The number of allylic oxidation sites excluding steroid dienone is 1. The molecule has 4 N–H and O–H groups in total. The molecule has 0 saturated carbocycles. The lowest BCUT2D eigenvalue weighted by molar-refractivity contribution is -0.136. The van der Waals surface area contributed by atoms with E-state index in [1.807, 2.05) is 6.92 Å². The van der Waals surface area contributed by atoms with Gasteiger partial charge in [0, 0.05) is 11.3 Å². The molecule has 12 nitrogen and oxygen atoms in total. The van der Waals surface area contributed by atoms with Crippen molar-refractivity contribution in [2.24, 2.45) is 5.10 Å². The minimum absolute atomic E-state index is 0.0140. The average molecular weight is 716 g/mol. The largest absolute Gasteiger partial charge is 0.490 e. The van der Waals surface area contributed by atoms with Crippen molar-refractivity contribution in [1.29, 1.82) is 0 Å². The molecule has 0 aromatic heterocycles. The zero-order valence-corrected chi connectivity index (χ0v) is 27.9. The molecule has 1 aliphatic rings. The molecule has 14 heteroatoms. The first kappa shape index (κ1) is 35.0. The first-order valence-electron chi connectivity index (χ1n) is 14.7. The van der Waals surface area contributed by atoms with Gasteiger partial charge in [-0.25, -0.2) is 14.0 Å². The van der Waals surface area contributed by atoms with Crippen molar-refractivity contribution in [2.75, 3.05) is 26.9 Å². The van der Waals surface area contributed by atoms with Gasteiger partial charge in [0.15, 0.2) is 29.2 Å². The summed E-state index contributed by atoms with van der Waals surface area (Å²) in [6.45, 7) is 5.76. The van der Waals surface area contributed by atoms with Crippen molar-refractivity contribution in [3.05, 3.63) is 92.8 Å². The topological polar surface area (TPSA) is 149 Å². The Labute approximate surface area is 280 Å². The molecular weight excluding hydrogens is 679 g/mol. The Kier molecular flexibility index (Phi) is 12.4. The van der Waals surface area contributed by atoms with Crippen molar-refractivity contribution in [3.8, 4) is 23.0 Å². The summed E-state index contributed by atoms with van der Waals surface area (Å²) in [6, 6.07) is 13.5. The third-order valence-electron chi connectivity index (χ3n) is 6.77. The second kappa shape index (κ2) is 16.7. The van der Waals surface area contributed by atoms with E-state index < -0.39 is 24.3 Å². The number of ether oxygens (including phenoxy) is 5. The summed E-state index contributed by atoms with van der Waals surface area (Å²) in [4.78, 5) is 24.6. The normalized spacial score (nSPS) is 15.0. The van der Waals surface area contributed by atoms with Crippen LogP contribution in [0.2, 0.25) is 0 Å². The lowest BCUT2D eigenvalue weighted by atomic mass is 9.95. The number of nitrogens with one attached hydrogen (secondary N) is 3. The Hall–Kier alpha value is -4.82. The summed E-state index contributed by atoms with van der Waals surface area (Å²) >= 11 is 3.49. The van der Waals surface area contributed by atoms with Crippen LogP contribution < -0.4 is 35.0 Å². The van der Waals surface area contributed by atoms with E-state index in [9.17, 15) is 19.1 Å². The molecule has 2 amide bonds. The summed E-state index contributed by atoms with van der Waals surface area (Å²) in [7, 11) is 1.27. The number of nitrogens with zero attached hydrogens (tertiary/aromatic N) is 1. The van der Waals surface area contributed by atoms with Gasteiger partial charge in [-0.2, -0.15) is 5.10 Å². The maximum absolute atomic E-state index is 14.1. The molecule has 2 atom stereocenters. The highest BCUT2D eigenvalue weighted by molar-refractivity contribution is 9.10. The van der Waals surface area contributed by atoms with Crippen LogP contribution in [0.25, 0.3) is 0 Å². The van der Waals surface area contributed by atoms with Crippen molar-refractivity contribution in [2.45, 2.75) is 39.6 Å². The van der Waals surface area contributed by atoms with Crippen molar-refractivity contribution in [3.63, 3.8) is 0 Å². The van der Waals surface area contributed by atoms with Crippen molar-refractivity contribution >= 4 is 34.1 Å². The van der Waals surface area contributed by atoms with Gasteiger partial charge >= 0.3 is 12.0 Å². The van der Waals surface area contributed by atoms with E-state index in [4.69, 9.17) is 23.7 Å². The summed E-state index contributed by atoms with van der Waals surface area (Å²) in [5, 5.41) is 19.9. The molecule has 4 rings (SSSR count). The quantitative estimate of drug-likeness (QED) is 0.0732. The van der Waals surface area contributed by atoms with E-state index in [0.717, 1.165) is 0 Å². The third-order valence-corrected chi connectivity index (χ3v) is 7.36. The number of urea groups is 1. The minimum atomic E-state index is -1.20. The summed E-state index contributed by atoms with van der Waals surface area (Å²) < 4.78 is 42.7. The number of carbonyl (C=O) groups is 2. The van der Waals surface area contributed by atoms with Crippen LogP contribution in [0.4, 0.5) is 9.18 Å². The number of amides is 2. The van der Waals surface area contributed by atoms with Crippen LogP contribution in [0.5, 0.6) is 23.0 Å². The lowest BCUT2D eigenvalue weighted by Gasteiger charge is -2.28. The highest BCUT2D eigenvalue weighted by Gasteiger charge is 2.32. The van der Waals surface area contributed by atoms with Gasteiger partial charge in [-0.05, 0) is 78.2 Å². The number of carbonyl (C=O) groups excluding carboxylic acids is 2. The predicted molar refractivity (Wildman–Crippen MR) is 175 cm³/mol. The van der Waals surface area contributed by atoms with Gasteiger partial charge < -0.3 is 39.4 Å². The fourth-order valence-corrected chi connectivity index (χ4v) is 5.23. The highest BCUT2D eigenvalue weighted by atomic mass is 79.9. The Balaban J connectivity index is 1.40. The number of methoxy groups -OCH3 is 1. The van der Waals surface area contributed by atoms with E-state index >= 15 is 0 Å². The second-order valence-corrected chi connectivity index (χ2v) is 10.9. The molecule has 1 aliphatic heterocycles. The van der Waals surface area contributed by atoms with E-state index in [-0.39, 0.29) is 24.6 Å². The summed E-state index contributed by atoms with van der Waals surface area (Å²) in [5.74, 6) is 0.583. The van der Waals surface area contributed by atoms with E-state index in [1.165, 1.54) is 19.4 Å². The van der Waals surface area contributed by atoms with Gasteiger partial charge in [-0.1, -0.05) is 24.3 Å². The van der Waals surface area contributed by atoms with Crippen LogP contribution in [0.1, 0.15) is 43.5 Å². The number of aliphatic hydroxyl groups excluding tert-OH is 1. The maximum atomic E-state index is 14.1. The molecule has 0 fully saturated rings. The molecule has 3 aromatic rings. The number of hydrogen-bond donors (Lipinski definition) is 4. The van der Waals surface area contributed by atoms with Crippen LogP contribution >= 0.6 is 15.9 Å². The average Bonchev–Trinajstić information content (AvgIpc) is 3.04. The van der Waals surface area contributed by atoms with E-state index in [2.05, 4.69) is 37.1 Å². The molecule has 0 spiro atoms. The fraction of sp³-hybridized carbons (Fsp3) is 0.303. The van der Waals surface area contributed by atoms with Crippen LogP contribution in [0.3, 0.4) is 0 Å². The van der Waals surface area contributed by atoms with Gasteiger partial charge in [0.05, 0.1) is 42.6 Å². The zero-order chi connectivity index (χ0) is 33.9. The Morgan fingerprint density at radius 2 is 1.81 bits per heavy atom. The number of hydrogen-bond acceptors (Lipinski definition) is 10. The predicted octanol–water partition coefficient (Wildman–Crippen LogP) is 5.09. The molecule has 0 aliphatic carbocycles. The van der Waals surface area contributed by atoms with Gasteiger partial charge in [0.1, 0.15) is 19.0 Å². The molecule has 0 unspecified atom stereocenters. The number of rotatable bonds is 15. The molecule has 0 radical (unpaired) electrons. The van der Waals surface area contributed by atoms with E-state index in [1.54, 1.807) is 62.4 Å². The highest BCUT2D eigenvalue weighted by Crippen LogP contribution is 2.38. The number of benzene rings is 3. The smallest absolute Gasteiger partial charge is 0.337 e. The third kappa shape index (κ3) is 9.14. The van der Waals surface area contributed by atoms with Gasteiger partial charge in [-0.15, -0.1) is 0 Å². The first-order valence-corrected chi connectivity index (χ1v) is 15.5. The van der Waals surface area contributed by atoms with Gasteiger partial charge in [0.2, 0.25) is 0 Å². The van der Waals surface area contributed by atoms with E-state index in [0.29, 0.717) is 63.1 Å². The number of halogens is 2. The van der Waals surface area contributed by atoms with Gasteiger partial charge in [0.25, 0.3) is 0 Å². The van der Waals surface area contributed by atoms with Crippen LogP contribution in [0, 0.1) is 5.82 Å². The fourth-order valence-electron chi connectivity index (χ4n) is 4.65. The first-order chi connectivity index (χ1) is 22.6. The molecule has 250 valence electrons. The molecular formula is C33H36BrFN4O8. The molecule has 47 heavy (non-hydrogen) atoms. The molecule has 1 heterocycles. The SMILES string of the molecule is CCOc1cc([C@@H]2NC(=O)NC(C)=C2C(=O)OC)ccc1OC[C@@H](O)N/N=C\c1cc(Br)c(OCc2ccccc2F)c(OCC)c1. The monoisotopic (exact) mass is 714 g/mol. The minimum Gasteiger partial charge on any atom is -0.490 e. The zero-order valence-electron chi connectivity index (χ0n) is 26.3. The summed E-state index contributed by atoms with van der Waals surface area (Å²) in [6.07, 6.45) is 0.290. The number of aliphatic hydroxyl groups is 1. The van der Waals surface area contributed by atoms with Crippen LogP contribution in [0.15, 0.2) is 75.4 Å². The Morgan fingerprint density at radius 3 is 2.53 bits per heavy atom. The maximum Gasteiger partial charge on any atom is 0.337 e. The van der Waals surface area contributed by atoms with Crippen molar-refractivity contribution < 1.29 is 42.8 Å². The second-order valence-electron chi connectivity index (χ2n) is 10.1. The molecule has 0 bridgehead atoms. The number of esters is 1. The van der Waals surface area contributed by atoms with Crippen molar-refractivity contribution in [1.82, 2.24) is 16.1 Å². The van der Waals surface area contributed by atoms with Crippen LogP contribution in [-0.4, -0.2) is 56.5 Å². The van der Waals surface area contributed by atoms with Crippen LogP contribution in [-0.2, 0) is 16.1 Å².